The molecule has 21 heavy (non-hydrogen) atoms. The van der Waals surface area contributed by atoms with Gasteiger partial charge in [-0.2, -0.15) is 5.10 Å². The number of halogens is 1. The summed E-state index contributed by atoms with van der Waals surface area (Å²) in [5.41, 5.74) is 1.19. The van der Waals surface area contributed by atoms with Gasteiger partial charge in [0.1, 0.15) is 13.2 Å². The number of hydrogen-bond acceptors (Lipinski definition) is 4. The summed E-state index contributed by atoms with van der Waals surface area (Å²) in [6, 6.07) is 6.06. The van der Waals surface area contributed by atoms with Crippen molar-refractivity contribution in [1.82, 2.24) is 15.1 Å². The van der Waals surface area contributed by atoms with Gasteiger partial charge in [-0.1, -0.05) is 0 Å². The molecule has 1 aliphatic heterocycles. The molecule has 1 aromatic heterocycles. The van der Waals surface area contributed by atoms with Gasteiger partial charge in [0, 0.05) is 25.5 Å². The van der Waals surface area contributed by atoms with Crippen LogP contribution in [-0.2, 0) is 13.1 Å². The maximum atomic E-state index is 5.63. The van der Waals surface area contributed by atoms with Gasteiger partial charge in [-0.25, -0.2) is 0 Å². The van der Waals surface area contributed by atoms with E-state index in [0.717, 1.165) is 42.0 Å². The van der Waals surface area contributed by atoms with E-state index in [1.165, 1.54) is 5.56 Å². The first-order chi connectivity index (χ1) is 10.3. The quantitative estimate of drug-likeness (QED) is 0.812. The first-order valence-corrected chi connectivity index (χ1v) is 7.88. The predicted octanol–water partition coefficient (Wildman–Crippen LogP) is 2.60. The zero-order valence-corrected chi connectivity index (χ0v) is 13.3. The van der Waals surface area contributed by atoms with Crippen molar-refractivity contribution in [2.45, 2.75) is 19.5 Å². The van der Waals surface area contributed by atoms with Gasteiger partial charge in [0.25, 0.3) is 0 Å². The topological polar surface area (TPSA) is 48.3 Å². The smallest absolute Gasteiger partial charge is 0.175 e. The Kier molecular flexibility index (Phi) is 4.77. The second-order valence-corrected chi connectivity index (χ2v) is 5.76. The molecule has 3 rings (SSSR count). The van der Waals surface area contributed by atoms with E-state index in [-0.39, 0.29) is 0 Å². The van der Waals surface area contributed by atoms with Gasteiger partial charge in [0.15, 0.2) is 11.5 Å². The first-order valence-electron chi connectivity index (χ1n) is 7.09. The lowest BCUT2D eigenvalue weighted by atomic mass is 10.2. The minimum Gasteiger partial charge on any atom is -0.486 e. The van der Waals surface area contributed by atoms with Gasteiger partial charge < -0.3 is 14.8 Å². The molecule has 0 fully saturated rings. The number of nitrogens with zero attached hydrogens (tertiary/aromatic N) is 2. The van der Waals surface area contributed by atoms with E-state index in [1.54, 1.807) is 6.20 Å². The summed E-state index contributed by atoms with van der Waals surface area (Å²) in [6.07, 6.45) is 4.84. The van der Waals surface area contributed by atoms with E-state index in [1.807, 2.05) is 23.0 Å². The molecule has 0 bridgehead atoms. The van der Waals surface area contributed by atoms with Crippen molar-refractivity contribution in [2.75, 3.05) is 19.8 Å². The Morgan fingerprint density at radius 1 is 1.29 bits per heavy atom. The Morgan fingerprint density at radius 3 is 3.05 bits per heavy atom. The van der Waals surface area contributed by atoms with Gasteiger partial charge in [-0.05, 0) is 52.7 Å². The molecule has 112 valence electrons. The number of fused-ring (bicyclic) bond motifs is 1. The van der Waals surface area contributed by atoms with Crippen molar-refractivity contribution in [3.8, 4) is 11.5 Å². The third-order valence-electron chi connectivity index (χ3n) is 3.29. The lowest BCUT2D eigenvalue weighted by Gasteiger charge is -2.20. The maximum absolute atomic E-state index is 5.63. The highest BCUT2D eigenvalue weighted by Crippen LogP contribution is 2.38. The minimum absolute atomic E-state index is 0.608. The van der Waals surface area contributed by atoms with Gasteiger partial charge in [-0.15, -0.1) is 0 Å². The van der Waals surface area contributed by atoms with Gasteiger partial charge in [0.2, 0.25) is 0 Å². The Balaban J connectivity index is 1.48. The lowest BCUT2D eigenvalue weighted by Crippen LogP contribution is -2.18. The van der Waals surface area contributed by atoms with Crippen LogP contribution in [0.25, 0.3) is 0 Å². The van der Waals surface area contributed by atoms with Crippen LogP contribution in [0.3, 0.4) is 0 Å². The Morgan fingerprint density at radius 2 is 2.19 bits per heavy atom. The summed E-state index contributed by atoms with van der Waals surface area (Å²) in [4.78, 5) is 0. The van der Waals surface area contributed by atoms with Crippen LogP contribution < -0.4 is 14.8 Å². The molecule has 0 saturated heterocycles. The number of hydrogen-bond donors (Lipinski definition) is 1. The minimum atomic E-state index is 0.608. The average Bonchev–Trinajstić information content (AvgIpc) is 3.00. The highest BCUT2D eigenvalue weighted by Gasteiger charge is 2.15. The Bertz CT molecular complexity index is 587. The molecule has 2 aromatic rings. The predicted molar refractivity (Wildman–Crippen MR) is 83.7 cm³/mol. The van der Waals surface area contributed by atoms with E-state index in [4.69, 9.17) is 9.47 Å². The van der Waals surface area contributed by atoms with Crippen molar-refractivity contribution in [3.63, 3.8) is 0 Å². The third kappa shape index (κ3) is 3.77. The number of aryl methyl sites for hydroxylation is 1. The van der Waals surface area contributed by atoms with E-state index < -0.39 is 0 Å². The van der Waals surface area contributed by atoms with E-state index >= 15 is 0 Å². The monoisotopic (exact) mass is 351 g/mol. The van der Waals surface area contributed by atoms with Crippen LogP contribution in [0, 0.1) is 0 Å². The Hall–Kier alpha value is -1.53. The van der Waals surface area contributed by atoms with Gasteiger partial charge >= 0.3 is 0 Å². The number of benzene rings is 1. The van der Waals surface area contributed by atoms with Crippen LogP contribution in [0.4, 0.5) is 0 Å². The van der Waals surface area contributed by atoms with Crippen LogP contribution in [-0.4, -0.2) is 29.5 Å². The lowest BCUT2D eigenvalue weighted by molar-refractivity contribution is 0.170. The largest absolute Gasteiger partial charge is 0.486 e. The maximum Gasteiger partial charge on any atom is 0.175 e. The van der Waals surface area contributed by atoms with Crippen molar-refractivity contribution in [2.24, 2.45) is 0 Å². The SMILES string of the molecule is Brc1cc(CNCCCn2cccn2)cc2c1OCCO2. The normalized spacial score (nSPS) is 13.4. The fourth-order valence-electron chi connectivity index (χ4n) is 2.30. The number of aromatic nitrogens is 2. The standard InChI is InChI=1S/C15H18BrN3O2/c16-13-9-12(10-14-15(13)21-8-7-20-14)11-17-3-1-5-19-6-2-4-18-19/h2,4,6,9-10,17H,1,3,5,7-8,11H2. The van der Waals surface area contributed by atoms with Crippen molar-refractivity contribution < 1.29 is 9.47 Å². The summed E-state index contributed by atoms with van der Waals surface area (Å²) in [7, 11) is 0. The summed E-state index contributed by atoms with van der Waals surface area (Å²) in [6.45, 7) is 3.92. The molecule has 1 aliphatic rings. The third-order valence-corrected chi connectivity index (χ3v) is 3.87. The Labute approximate surface area is 132 Å². The highest BCUT2D eigenvalue weighted by molar-refractivity contribution is 9.10. The molecule has 6 heteroatoms. The molecular weight excluding hydrogens is 334 g/mol. The zero-order chi connectivity index (χ0) is 14.5. The molecule has 5 nitrogen and oxygen atoms in total. The molecule has 0 aliphatic carbocycles. The van der Waals surface area contributed by atoms with Crippen molar-refractivity contribution in [3.05, 3.63) is 40.6 Å². The van der Waals surface area contributed by atoms with Crippen LogP contribution >= 0.6 is 15.9 Å². The summed E-state index contributed by atoms with van der Waals surface area (Å²) < 4.78 is 14.1. The molecule has 2 heterocycles. The average molecular weight is 352 g/mol. The molecule has 0 unspecified atom stereocenters. The van der Waals surface area contributed by atoms with Crippen LogP contribution in [0.2, 0.25) is 0 Å². The molecule has 0 saturated carbocycles. The molecule has 0 amide bonds. The first kappa shape index (κ1) is 14.4. The molecule has 1 aromatic carbocycles. The molecule has 1 N–H and O–H groups in total. The fourth-order valence-corrected chi connectivity index (χ4v) is 2.90. The zero-order valence-electron chi connectivity index (χ0n) is 11.7. The number of rotatable bonds is 6. The van der Waals surface area contributed by atoms with Crippen LogP contribution in [0.15, 0.2) is 35.1 Å². The van der Waals surface area contributed by atoms with E-state index in [9.17, 15) is 0 Å². The highest BCUT2D eigenvalue weighted by atomic mass is 79.9. The van der Waals surface area contributed by atoms with Crippen LogP contribution in [0.1, 0.15) is 12.0 Å². The number of ether oxygens (including phenoxy) is 2. The van der Waals surface area contributed by atoms with Crippen LogP contribution in [0.5, 0.6) is 11.5 Å². The molecule has 0 spiro atoms. The summed E-state index contributed by atoms with van der Waals surface area (Å²) in [5, 5.41) is 7.62. The summed E-state index contributed by atoms with van der Waals surface area (Å²) >= 11 is 3.54. The van der Waals surface area contributed by atoms with Crippen molar-refractivity contribution >= 4 is 15.9 Å². The molecular formula is C15H18BrN3O2. The molecule has 0 atom stereocenters. The van der Waals surface area contributed by atoms with Crippen molar-refractivity contribution in [1.29, 1.82) is 0 Å². The number of nitrogens with one attached hydrogen (secondary N) is 1. The second-order valence-electron chi connectivity index (χ2n) is 4.90. The second kappa shape index (κ2) is 6.95. The fraction of sp³-hybridized carbons (Fsp3) is 0.400. The van der Waals surface area contributed by atoms with E-state index in [2.05, 4.69) is 32.4 Å². The van der Waals surface area contributed by atoms with Gasteiger partial charge in [0.05, 0.1) is 4.47 Å². The van der Waals surface area contributed by atoms with Gasteiger partial charge in [-0.3, -0.25) is 4.68 Å². The van der Waals surface area contributed by atoms with E-state index in [0.29, 0.717) is 13.2 Å². The molecule has 0 radical (unpaired) electrons. The summed E-state index contributed by atoms with van der Waals surface area (Å²) in [5.74, 6) is 1.63.